The van der Waals surface area contributed by atoms with E-state index in [-0.39, 0.29) is 11.6 Å². The smallest absolute Gasteiger partial charge is 0.271 e. The minimum absolute atomic E-state index is 0.0667. The lowest BCUT2D eigenvalue weighted by Gasteiger charge is -2.31. The van der Waals surface area contributed by atoms with Gasteiger partial charge in [-0.15, -0.1) is 0 Å². The van der Waals surface area contributed by atoms with Gasteiger partial charge in [0.05, 0.1) is 37.1 Å². The van der Waals surface area contributed by atoms with Crippen LogP contribution in [0.4, 0.5) is 0 Å². The molecular weight excluding hydrogens is 496 g/mol. The average Bonchev–Trinajstić information content (AvgIpc) is 3.26. The van der Waals surface area contributed by atoms with Crippen molar-refractivity contribution in [2.24, 2.45) is 4.99 Å². The largest absolute Gasteiger partial charge is 0.496 e. The molecule has 7 heteroatoms. The van der Waals surface area contributed by atoms with E-state index in [2.05, 4.69) is 30.3 Å². The summed E-state index contributed by atoms with van der Waals surface area (Å²) in [6.45, 7) is 2.48. The standard InChI is InChI=1S/C31H28N2O4S/c1-4-37-25-16-13-19(17-26(25)36-3)18-27-30(34)33-29(22-11-7-8-12-24(22)35-2)23-15-14-20-9-5-6-10-21(20)28(23)32-31(33)38-27/h5-13,16-18,29H,4,14-15H2,1-3H3/b27-18-/t29-/m0/s1. The number of allylic oxidation sites excluding steroid dienone is 1. The minimum Gasteiger partial charge on any atom is -0.496 e. The topological polar surface area (TPSA) is 62.0 Å². The SMILES string of the molecule is CCOc1ccc(/C=c2\sc3n(c2=O)[C@@H](c2ccccc2OC)C2=C(N=3)c3ccccc3CC2)cc1OC. The highest BCUT2D eigenvalue weighted by molar-refractivity contribution is 7.07. The number of ether oxygens (including phenoxy) is 3. The maximum atomic E-state index is 14.0. The Balaban J connectivity index is 1.58. The molecule has 3 aromatic carbocycles. The fourth-order valence-corrected chi connectivity index (χ4v) is 6.39. The number of rotatable bonds is 6. The van der Waals surface area contributed by atoms with Gasteiger partial charge in [-0.05, 0) is 60.7 Å². The predicted molar refractivity (Wildman–Crippen MR) is 150 cm³/mol. The first-order valence-electron chi connectivity index (χ1n) is 12.7. The predicted octanol–water partition coefficient (Wildman–Crippen LogP) is 4.73. The van der Waals surface area contributed by atoms with Crippen molar-refractivity contribution >= 4 is 23.1 Å². The quantitative estimate of drug-likeness (QED) is 0.366. The number of hydrogen-bond donors (Lipinski definition) is 0. The number of fused-ring (bicyclic) bond motifs is 3. The molecule has 38 heavy (non-hydrogen) atoms. The van der Waals surface area contributed by atoms with Crippen LogP contribution in [-0.4, -0.2) is 25.4 Å². The van der Waals surface area contributed by atoms with Crippen molar-refractivity contribution in [3.8, 4) is 17.2 Å². The third-order valence-corrected chi connectivity index (χ3v) is 8.07. The first kappa shape index (κ1) is 24.2. The number of para-hydroxylation sites is 1. The molecule has 0 N–H and O–H groups in total. The van der Waals surface area contributed by atoms with Gasteiger partial charge in [0.25, 0.3) is 5.56 Å². The summed E-state index contributed by atoms with van der Waals surface area (Å²) < 4.78 is 19.4. The van der Waals surface area contributed by atoms with Gasteiger partial charge in [-0.1, -0.05) is 59.9 Å². The number of thiazole rings is 1. The zero-order chi connectivity index (χ0) is 26.2. The summed E-state index contributed by atoms with van der Waals surface area (Å²) in [5, 5.41) is 0. The van der Waals surface area contributed by atoms with E-state index in [4.69, 9.17) is 19.2 Å². The van der Waals surface area contributed by atoms with E-state index in [1.807, 2.05) is 54.0 Å². The van der Waals surface area contributed by atoms with Crippen molar-refractivity contribution in [3.05, 3.63) is 114 Å². The van der Waals surface area contributed by atoms with E-state index in [0.29, 0.717) is 27.4 Å². The highest BCUT2D eigenvalue weighted by Crippen LogP contribution is 2.43. The van der Waals surface area contributed by atoms with Crippen LogP contribution in [0.25, 0.3) is 11.8 Å². The maximum Gasteiger partial charge on any atom is 0.271 e. The Kier molecular flexibility index (Phi) is 6.37. The summed E-state index contributed by atoms with van der Waals surface area (Å²) in [5.41, 5.74) is 6.30. The second-order valence-corrected chi connectivity index (χ2v) is 10.2. The monoisotopic (exact) mass is 524 g/mol. The molecule has 6 rings (SSSR count). The highest BCUT2D eigenvalue weighted by atomic mass is 32.1. The van der Waals surface area contributed by atoms with Gasteiger partial charge in [0.1, 0.15) is 5.75 Å². The Morgan fingerprint density at radius 2 is 1.76 bits per heavy atom. The Labute approximate surface area is 224 Å². The number of nitrogens with zero attached hydrogens (tertiary/aromatic N) is 2. The molecule has 2 aliphatic rings. The third-order valence-electron chi connectivity index (χ3n) is 7.09. The van der Waals surface area contributed by atoms with E-state index in [9.17, 15) is 4.79 Å². The van der Waals surface area contributed by atoms with Crippen molar-refractivity contribution in [2.45, 2.75) is 25.8 Å². The molecule has 0 spiro atoms. The zero-order valence-corrected chi connectivity index (χ0v) is 22.4. The Morgan fingerprint density at radius 3 is 2.58 bits per heavy atom. The van der Waals surface area contributed by atoms with Gasteiger partial charge in [-0.2, -0.15) is 0 Å². The minimum atomic E-state index is -0.289. The molecule has 1 aromatic heterocycles. The van der Waals surface area contributed by atoms with Crippen LogP contribution in [0.2, 0.25) is 0 Å². The van der Waals surface area contributed by atoms with Crippen LogP contribution in [0, 0.1) is 0 Å². The molecule has 0 bridgehead atoms. The fourth-order valence-electron chi connectivity index (χ4n) is 5.39. The fraction of sp³-hybridized carbons (Fsp3) is 0.226. The van der Waals surface area contributed by atoms with Gasteiger partial charge < -0.3 is 14.2 Å². The molecule has 0 radical (unpaired) electrons. The van der Waals surface area contributed by atoms with Crippen LogP contribution < -0.4 is 29.1 Å². The maximum absolute atomic E-state index is 14.0. The molecule has 6 nitrogen and oxygen atoms in total. The Bertz CT molecular complexity index is 1750. The Hall–Kier alpha value is -4.10. The van der Waals surface area contributed by atoms with E-state index in [1.54, 1.807) is 14.2 Å². The lowest BCUT2D eigenvalue weighted by molar-refractivity contribution is 0.311. The molecule has 192 valence electrons. The van der Waals surface area contributed by atoms with Crippen molar-refractivity contribution < 1.29 is 14.2 Å². The van der Waals surface area contributed by atoms with Gasteiger partial charge in [-0.25, -0.2) is 4.99 Å². The first-order chi connectivity index (χ1) is 18.6. The first-order valence-corrected chi connectivity index (χ1v) is 13.5. The van der Waals surface area contributed by atoms with Gasteiger partial charge in [0.15, 0.2) is 16.3 Å². The zero-order valence-electron chi connectivity index (χ0n) is 21.6. The average molecular weight is 525 g/mol. The number of aromatic nitrogens is 1. The van der Waals surface area contributed by atoms with Gasteiger partial charge >= 0.3 is 0 Å². The summed E-state index contributed by atoms with van der Waals surface area (Å²) in [5.74, 6) is 2.07. The molecule has 0 saturated heterocycles. The lowest BCUT2D eigenvalue weighted by atomic mass is 9.83. The van der Waals surface area contributed by atoms with Gasteiger partial charge in [0.2, 0.25) is 0 Å². The van der Waals surface area contributed by atoms with Crippen LogP contribution >= 0.6 is 11.3 Å². The molecule has 0 fully saturated rings. The number of benzene rings is 3. The summed E-state index contributed by atoms with van der Waals surface area (Å²) in [6, 6.07) is 21.8. The van der Waals surface area contributed by atoms with Crippen molar-refractivity contribution in [1.82, 2.24) is 4.57 Å². The molecule has 0 amide bonds. The van der Waals surface area contributed by atoms with Crippen molar-refractivity contribution in [3.63, 3.8) is 0 Å². The van der Waals surface area contributed by atoms with E-state index < -0.39 is 0 Å². The normalized spacial score (nSPS) is 16.3. The van der Waals surface area contributed by atoms with Crippen molar-refractivity contribution in [2.75, 3.05) is 20.8 Å². The third kappa shape index (κ3) is 4.03. The van der Waals surface area contributed by atoms with Crippen LogP contribution in [0.1, 0.15) is 41.6 Å². The summed E-state index contributed by atoms with van der Waals surface area (Å²) >= 11 is 1.41. The van der Waals surface area contributed by atoms with E-state index in [1.165, 1.54) is 16.9 Å². The Morgan fingerprint density at radius 1 is 0.974 bits per heavy atom. The molecule has 1 aliphatic heterocycles. The molecule has 1 atom stereocenters. The summed E-state index contributed by atoms with van der Waals surface area (Å²) in [4.78, 5) is 19.8. The number of aryl methyl sites for hydroxylation is 1. The number of methoxy groups -OCH3 is 2. The highest BCUT2D eigenvalue weighted by Gasteiger charge is 2.33. The molecule has 0 saturated carbocycles. The molecule has 4 aromatic rings. The molecule has 1 aliphatic carbocycles. The second-order valence-electron chi connectivity index (χ2n) is 9.20. The van der Waals surface area contributed by atoms with E-state index in [0.717, 1.165) is 46.6 Å². The molecule has 0 unspecified atom stereocenters. The van der Waals surface area contributed by atoms with Crippen LogP contribution in [0.5, 0.6) is 17.2 Å². The van der Waals surface area contributed by atoms with Crippen LogP contribution in [0.15, 0.2) is 82.1 Å². The lowest BCUT2D eigenvalue weighted by Crippen LogP contribution is -2.39. The van der Waals surface area contributed by atoms with Gasteiger partial charge in [-0.3, -0.25) is 9.36 Å². The van der Waals surface area contributed by atoms with Crippen molar-refractivity contribution in [1.29, 1.82) is 0 Å². The van der Waals surface area contributed by atoms with E-state index >= 15 is 0 Å². The molecular formula is C31H28N2O4S. The summed E-state index contributed by atoms with van der Waals surface area (Å²) in [7, 11) is 3.29. The summed E-state index contributed by atoms with van der Waals surface area (Å²) in [6.07, 6.45) is 3.64. The second kappa shape index (κ2) is 9.99. The van der Waals surface area contributed by atoms with Crippen LogP contribution in [0.3, 0.4) is 0 Å². The number of hydrogen-bond acceptors (Lipinski definition) is 6. The van der Waals surface area contributed by atoms with Gasteiger partial charge in [0, 0.05) is 11.1 Å². The van der Waals surface area contributed by atoms with Crippen LogP contribution in [-0.2, 0) is 6.42 Å². The molecule has 2 heterocycles.